The minimum absolute atomic E-state index is 0.768. The first-order valence-electron chi connectivity index (χ1n) is 10.7. The van der Waals surface area contributed by atoms with E-state index < -0.39 is 0 Å². The molecule has 2 saturated carbocycles. The molecule has 1 N–H and O–H groups in total. The summed E-state index contributed by atoms with van der Waals surface area (Å²) in [5.74, 6) is 1.54. The van der Waals surface area contributed by atoms with E-state index in [1.807, 2.05) is 0 Å². The van der Waals surface area contributed by atoms with Crippen LogP contribution < -0.4 is 5.30 Å². The summed E-state index contributed by atoms with van der Waals surface area (Å²) in [5, 5.41) is 4.29. The molecule has 2 aliphatic rings. The molecule has 0 bridgehead atoms. The summed E-state index contributed by atoms with van der Waals surface area (Å²) in [6.07, 6.45) is 14.0. The van der Waals surface area contributed by atoms with Crippen LogP contribution in [0.1, 0.15) is 87.2 Å². The fourth-order valence-electron chi connectivity index (χ4n) is 5.65. The molecule has 3 aromatic rings. The van der Waals surface area contributed by atoms with Crippen molar-refractivity contribution in [1.82, 2.24) is 4.98 Å². The molecular weight excluding hydrogens is 333 g/mol. The molecule has 0 saturated heterocycles. The molecule has 0 spiro atoms. The Morgan fingerprint density at radius 3 is 2.15 bits per heavy atom. The molecule has 136 valence electrons. The molecule has 0 amide bonds. The first-order chi connectivity index (χ1) is 12.8. The number of aromatic nitrogens is 1. The number of fused-ring (bicyclic) bond motifs is 3. The molecule has 1 atom stereocenters. The zero-order chi connectivity index (χ0) is 17.5. The van der Waals surface area contributed by atoms with Crippen molar-refractivity contribution in [2.45, 2.75) is 76.0 Å². The van der Waals surface area contributed by atoms with E-state index >= 15 is 0 Å². The summed E-state index contributed by atoms with van der Waals surface area (Å²) >= 11 is 0. The first kappa shape index (κ1) is 16.8. The Morgan fingerprint density at radius 1 is 0.769 bits per heavy atom. The second-order valence-electron chi connectivity index (χ2n) is 8.56. The average Bonchev–Trinajstić information content (AvgIpc) is 3.08. The van der Waals surface area contributed by atoms with Gasteiger partial charge in [0.2, 0.25) is 0 Å². The summed E-state index contributed by atoms with van der Waals surface area (Å²) in [7, 11) is 3.15. The van der Waals surface area contributed by atoms with Crippen LogP contribution in [0, 0.1) is 0 Å². The summed E-state index contributed by atoms with van der Waals surface area (Å²) in [5.41, 5.74) is 6.03. The van der Waals surface area contributed by atoms with Crippen LogP contribution >= 0.6 is 9.24 Å². The van der Waals surface area contributed by atoms with Crippen molar-refractivity contribution in [2.24, 2.45) is 0 Å². The molecule has 1 nitrogen and oxygen atoms in total. The Kier molecular flexibility index (Phi) is 4.53. The summed E-state index contributed by atoms with van der Waals surface area (Å²) in [4.78, 5) is 3.74. The highest BCUT2D eigenvalue weighted by Crippen LogP contribution is 2.43. The molecule has 5 rings (SSSR count). The third-order valence-corrected chi connectivity index (χ3v) is 7.57. The van der Waals surface area contributed by atoms with Gasteiger partial charge in [0.05, 0.1) is 5.52 Å². The van der Waals surface area contributed by atoms with Gasteiger partial charge in [0.25, 0.3) is 0 Å². The third-order valence-electron chi connectivity index (χ3n) is 6.98. The van der Waals surface area contributed by atoms with Crippen LogP contribution in [-0.4, -0.2) is 4.98 Å². The molecule has 1 unspecified atom stereocenters. The van der Waals surface area contributed by atoms with E-state index in [0.717, 1.165) is 11.8 Å². The molecule has 2 heteroatoms. The van der Waals surface area contributed by atoms with Crippen molar-refractivity contribution >= 4 is 36.4 Å². The van der Waals surface area contributed by atoms with Gasteiger partial charge in [0.15, 0.2) is 0 Å². The second kappa shape index (κ2) is 7.01. The lowest BCUT2D eigenvalue weighted by atomic mass is 9.75. The van der Waals surface area contributed by atoms with Gasteiger partial charge in [-0.25, -0.2) is 0 Å². The van der Waals surface area contributed by atoms with Gasteiger partial charge in [-0.3, -0.25) is 0 Å². The standard InChI is InChI=1S/C24H30NP/c26-24-22(17-11-5-2-6-12-17)19(16-9-3-1-4-10-16)15-20-18-13-7-8-14-21(18)25-23(20)24/h7-8,13-17,25H,1-6,9-12,26H2. The number of rotatable bonds is 2. The number of para-hydroxylation sites is 1. The second-order valence-corrected chi connectivity index (χ2v) is 9.13. The molecule has 0 aliphatic heterocycles. The van der Waals surface area contributed by atoms with E-state index in [9.17, 15) is 0 Å². The topological polar surface area (TPSA) is 15.8 Å². The highest BCUT2D eigenvalue weighted by molar-refractivity contribution is 7.28. The van der Waals surface area contributed by atoms with Crippen molar-refractivity contribution in [3.63, 3.8) is 0 Å². The Labute approximate surface area is 159 Å². The van der Waals surface area contributed by atoms with Gasteiger partial charge in [0, 0.05) is 16.3 Å². The van der Waals surface area contributed by atoms with Crippen molar-refractivity contribution in [3.8, 4) is 0 Å². The van der Waals surface area contributed by atoms with Crippen LogP contribution in [0.15, 0.2) is 30.3 Å². The minimum Gasteiger partial charge on any atom is -0.354 e. The van der Waals surface area contributed by atoms with Gasteiger partial charge in [-0.1, -0.05) is 56.7 Å². The van der Waals surface area contributed by atoms with Crippen molar-refractivity contribution in [2.75, 3.05) is 0 Å². The number of nitrogens with one attached hydrogen (secondary N) is 1. The number of aromatic amines is 1. The van der Waals surface area contributed by atoms with E-state index in [-0.39, 0.29) is 0 Å². The third kappa shape index (κ3) is 2.80. The van der Waals surface area contributed by atoms with E-state index in [4.69, 9.17) is 0 Å². The van der Waals surface area contributed by atoms with Crippen LogP contribution in [0.5, 0.6) is 0 Å². The summed E-state index contributed by atoms with van der Waals surface area (Å²) < 4.78 is 0. The smallest absolute Gasteiger partial charge is 0.0540 e. The van der Waals surface area contributed by atoms with Gasteiger partial charge < -0.3 is 4.98 Å². The maximum atomic E-state index is 3.74. The highest BCUT2D eigenvalue weighted by atomic mass is 31.0. The van der Waals surface area contributed by atoms with E-state index in [2.05, 4.69) is 44.6 Å². The predicted molar refractivity (Wildman–Crippen MR) is 117 cm³/mol. The maximum Gasteiger partial charge on any atom is 0.0540 e. The Bertz CT molecular complexity index is 926. The van der Waals surface area contributed by atoms with Gasteiger partial charge >= 0.3 is 0 Å². The number of hydrogen-bond acceptors (Lipinski definition) is 0. The molecule has 0 radical (unpaired) electrons. The predicted octanol–water partition coefficient (Wildman–Crippen LogP) is 6.92. The largest absolute Gasteiger partial charge is 0.354 e. The van der Waals surface area contributed by atoms with Gasteiger partial charge in [-0.15, -0.1) is 9.24 Å². The summed E-state index contributed by atoms with van der Waals surface area (Å²) in [6, 6.07) is 11.4. The van der Waals surface area contributed by atoms with Gasteiger partial charge in [-0.05, 0) is 66.1 Å². The molecule has 26 heavy (non-hydrogen) atoms. The number of benzene rings is 2. The molecule has 2 aliphatic carbocycles. The quantitative estimate of drug-likeness (QED) is 0.476. The van der Waals surface area contributed by atoms with Gasteiger partial charge in [0.1, 0.15) is 0 Å². The van der Waals surface area contributed by atoms with Crippen molar-refractivity contribution in [1.29, 1.82) is 0 Å². The molecule has 1 heterocycles. The normalized spacial score (nSPS) is 20.2. The van der Waals surface area contributed by atoms with Crippen molar-refractivity contribution < 1.29 is 0 Å². The monoisotopic (exact) mass is 363 g/mol. The molecular formula is C24H30NP. The highest BCUT2D eigenvalue weighted by Gasteiger charge is 2.27. The van der Waals surface area contributed by atoms with Crippen LogP contribution in [-0.2, 0) is 0 Å². The molecule has 2 aromatic carbocycles. The zero-order valence-corrected chi connectivity index (χ0v) is 16.8. The van der Waals surface area contributed by atoms with Crippen LogP contribution in [0.25, 0.3) is 21.8 Å². The fraction of sp³-hybridized carbons (Fsp3) is 0.500. The van der Waals surface area contributed by atoms with Crippen LogP contribution in [0.3, 0.4) is 0 Å². The lowest BCUT2D eigenvalue weighted by Gasteiger charge is -2.31. The van der Waals surface area contributed by atoms with Crippen LogP contribution in [0.4, 0.5) is 0 Å². The van der Waals surface area contributed by atoms with Crippen LogP contribution in [0.2, 0.25) is 0 Å². The molecule has 1 aromatic heterocycles. The van der Waals surface area contributed by atoms with Crippen molar-refractivity contribution in [3.05, 3.63) is 41.5 Å². The van der Waals surface area contributed by atoms with E-state index in [1.165, 1.54) is 91.3 Å². The number of H-pyrrole nitrogens is 1. The summed E-state index contributed by atoms with van der Waals surface area (Å²) in [6.45, 7) is 0. The average molecular weight is 363 g/mol. The van der Waals surface area contributed by atoms with Gasteiger partial charge in [-0.2, -0.15) is 0 Å². The number of hydrogen-bond donors (Lipinski definition) is 1. The van der Waals surface area contributed by atoms with E-state index in [1.54, 1.807) is 11.1 Å². The lowest BCUT2D eigenvalue weighted by molar-refractivity contribution is 0.420. The lowest BCUT2D eigenvalue weighted by Crippen LogP contribution is -2.19. The first-order valence-corrected chi connectivity index (χ1v) is 11.2. The maximum absolute atomic E-state index is 3.74. The fourth-order valence-corrected chi connectivity index (χ4v) is 6.28. The Hall–Kier alpha value is -1.33. The Balaban J connectivity index is 1.75. The minimum atomic E-state index is 0.768. The van der Waals surface area contributed by atoms with E-state index in [0.29, 0.717) is 0 Å². The Morgan fingerprint density at radius 2 is 1.42 bits per heavy atom. The SMILES string of the molecule is Pc1c(C2CCCCC2)c(C2CCCCC2)cc2c1[nH]c1ccccc12. The molecule has 2 fully saturated rings. The zero-order valence-electron chi connectivity index (χ0n) is 15.7.